The molecule has 3 rings (SSSR count). The molecule has 0 unspecified atom stereocenters. The zero-order chi connectivity index (χ0) is 18.2. The van der Waals surface area contributed by atoms with Crippen LogP contribution in [0.3, 0.4) is 0 Å². The number of anilines is 1. The maximum Gasteiger partial charge on any atom is 0.162 e. The molecule has 1 aromatic heterocycles. The van der Waals surface area contributed by atoms with Crippen molar-refractivity contribution in [2.75, 3.05) is 25.6 Å². The van der Waals surface area contributed by atoms with Gasteiger partial charge in [-0.1, -0.05) is 53.7 Å². The molecule has 0 saturated carbocycles. The van der Waals surface area contributed by atoms with E-state index in [9.17, 15) is 0 Å². The van der Waals surface area contributed by atoms with E-state index in [0.717, 1.165) is 45.9 Å². The molecule has 0 spiro atoms. The van der Waals surface area contributed by atoms with Gasteiger partial charge < -0.3 is 10.1 Å². The summed E-state index contributed by atoms with van der Waals surface area (Å²) in [4.78, 5) is 10.5. The lowest BCUT2D eigenvalue weighted by Crippen LogP contribution is -2.07. The molecule has 1 heterocycles. The van der Waals surface area contributed by atoms with E-state index in [1.807, 2.05) is 60.7 Å². The molecule has 0 aliphatic carbocycles. The van der Waals surface area contributed by atoms with Crippen molar-refractivity contribution in [3.8, 4) is 11.4 Å². The molecular weight excluding hydrogens is 366 g/mol. The maximum atomic E-state index is 5.97. The highest BCUT2D eigenvalue weighted by Crippen LogP contribution is 2.30. The van der Waals surface area contributed by atoms with Crippen LogP contribution in [0, 0.1) is 0 Å². The van der Waals surface area contributed by atoms with Crippen LogP contribution in [0.4, 0.5) is 5.82 Å². The zero-order valence-corrected chi connectivity index (χ0v) is 16.1. The third-order valence-corrected chi connectivity index (χ3v) is 4.78. The molecule has 0 aliphatic rings. The fourth-order valence-electron chi connectivity index (χ4n) is 2.34. The van der Waals surface area contributed by atoms with Gasteiger partial charge in [-0.15, -0.1) is 0 Å². The lowest BCUT2D eigenvalue weighted by molar-refractivity contribution is 0.198. The lowest BCUT2D eigenvalue weighted by atomic mass is 10.2. The van der Waals surface area contributed by atoms with Gasteiger partial charge in [0.2, 0.25) is 0 Å². The Labute approximate surface area is 163 Å². The number of hydrogen-bond acceptors (Lipinski definition) is 5. The van der Waals surface area contributed by atoms with E-state index in [1.54, 1.807) is 18.9 Å². The maximum absolute atomic E-state index is 5.97. The van der Waals surface area contributed by atoms with Gasteiger partial charge >= 0.3 is 0 Å². The van der Waals surface area contributed by atoms with Gasteiger partial charge in [-0.05, 0) is 30.7 Å². The molecule has 134 valence electrons. The van der Waals surface area contributed by atoms with Crippen molar-refractivity contribution in [1.29, 1.82) is 0 Å². The number of benzene rings is 2. The first kappa shape index (κ1) is 18.7. The molecule has 0 radical (unpaired) electrons. The average molecular weight is 386 g/mol. The van der Waals surface area contributed by atoms with E-state index in [0.29, 0.717) is 5.82 Å². The van der Waals surface area contributed by atoms with Crippen LogP contribution < -0.4 is 5.32 Å². The van der Waals surface area contributed by atoms with Gasteiger partial charge in [0.05, 0.1) is 0 Å². The number of halogens is 1. The highest BCUT2D eigenvalue weighted by Gasteiger charge is 2.08. The molecular formula is C20H20ClN3OS. The topological polar surface area (TPSA) is 47.0 Å². The van der Waals surface area contributed by atoms with E-state index in [-0.39, 0.29) is 0 Å². The Hall–Kier alpha value is -2.08. The minimum atomic E-state index is 0.707. The fourth-order valence-corrected chi connectivity index (χ4v) is 3.28. The third kappa shape index (κ3) is 5.46. The lowest BCUT2D eigenvalue weighted by Gasteiger charge is -2.10. The van der Waals surface area contributed by atoms with Crippen LogP contribution in [0.1, 0.15) is 6.42 Å². The minimum Gasteiger partial charge on any atom is -0.385 e. The Morgan fingerprint density at radius 3 is 2.54 bits per heavy atom. The summed E-state index contributed by atoms with van der Waals surface area (Å²) in [6, 6.07) is 19.7. The quantitative estimate of drug-likeness (QED) is 0.415. The van der Waals surface area contributed by atoms with E-state index in [2.05, 4.69) is 10.3 Å². The Morgan fingerprint density at radius 1 is 1.04 bits per heavy atom. The molecule has 3 aromatic rings. The van der Waals surface area contributed by atoms with Crippen LogP contribution in [0.5, 0.6) is 0 Å². The van der Waals surface area contributed by atoms with Crippen LogP contribution in [0.2, 0.25) is 5.02 Å². The van der Waals surface area contributed by atoms with Crippen molar-refractivity contribution in [2.45, 2.75) is 16.3 Å². The number of hydrogen-bond donors (Lipinski definition) is 1. The molecule has 0 aliphatic heterocycles. The Morgan fingerprint density at radius 2 is 1.81 bits per heavy atom. The Balaban J connectivity index is 1.85. The average Bonchev–Trinajstić information content (AvgIpc) is 2.68. The summed E-state index contributed by atoms with van der Waals surface area (Å²) in [6.07, 6.45) is 0.917. The summed E-state index contributed by atoms with van der Waals surface area (Å²) in [7, 11) is 1.71. The van der Waals surface area contributed by atoms with Crippen molar-refractivity contribution in [1.82, 2.24) is 9.97 Å². The summed E-state index contributed by atoms with van der Waals surface area (Å²) in [5.74, 6) is 1.52. The van der Waals surface area contributed by atoms with E-state index in [1.165, 1.54) is 0 Å². The first-order valence-electron chi connectivity index (χ1n) is 8.35. The van der Waals surface area contributed by atoms with Crippen molar-refractivity contribution >= 4 is 29.2 Å². The van der Waals surface area contributed by atoms with Gasteiger partial charge in [-0.25, -0.2) is 9.97 Å². The number of rotatable bonds is 8. The molecule has 4 nitrogen and oxygen atoms in total. The molecule has 2 aromatic carbocycles. The van der Waals surface area contributed by atoms with Crippen molar-refractivity contribution < 1.29 is 4.74 Å². The second-order valence-electron chi connectivity index (χ2n) is 5.61. The molecule has 0 saturated heterocycles. The standard InChI is InChI=1S/C20H20ClN3OS/c1-25-13-5-12-22-18-14-19(26-17-10-8-16(21)9-11-17)24-20(23-18)15-6-3-2-4-7-15/h2-4,6-11,14H,5,12-13H2,1H3,(H,22,23,24). The van der Waals surface area contributed by atoms with E-state index >= 15 is 0 Å². The fraction of sp³-hybridized carbons (Fsp3) is 0.200. The second kappa shape index (κ2) is 9.57. The monoisotopic (exact) mass is 385 g/mol. The van der Waals surface area contributed by atoms with Gasteiger partial charge in [-0.2, -0.15) is 0 Å². The predicted octanol–water partition coefficient (Wildman–Crippen LogP) is 5.40. The van der Waals surface area contributed by atoms with E-state index in [4.69, 9.17) is 21.3 Å². The smallest absolute Gasteiger partial charge is 0.162 e. The SMILES string of the molecule is COCCCNc1cc(Sc2ccc(Cl)cc2)nc(-c2ccccc2)n1. The molecule has 0 amide bonds. The van der Waals surface area contributed by atoms with Crippen molar-refractivity contribution in [3.05, 3.63) is 65.7 Å². The Kier molecular flexibility index (Phi) is 6.89. The molecule has 1 N–H and O–H groups in total. The molecule has 6 heteroatoms. The number of nitrogens with zero attached hydrogens (tertiary/aromatic N) is 2. The Bertz CT molecular complexity index is 828. The summed E-state index contributed by atoms with van der Waals surface area (Å²) in [5.41, 5.74) is 0.992. The second-order valence-corrected chi connectivity index (χ2v) is 7.14. The van der Waals surface area contributed by atoms with Crippen LogP contribution in [-0.4, -0.2) is 30.2 Å². The molecule has 0 fully saturated rings. The number of ether oxygens (including phenoxy) is 1. The number of aromatic nitrogens is 2. The zero-order valence-electron chi connectivity index (χ0n) is 14.5. The van der Waals surface area contributed by atoms with Crippen LogP contribution in [0.25, 0.3) is 11.4 Å². The normalized spacial score (nSPS) is 10.7. The van der Waals surface area contributed by atoms with Crippen LogP contribution >= 0.6 is 23.4 Å². The molecule has 0 bridgehead atoms. The largest absolute Gasteiger partial charge is 0.385 e. The first-order chi connectivity index (χ1) is 12.7. The number of methoxy groups -OCH3 is 1. The molecule has 0 atom stereocenters. The number of nitrogens with one attached hydrogen (secondary N) is 1. The van der Waals surface area contributed by atoms with Gasteiger partial charge in [0.25, 0.3) is 0 Å². The van der Waals surface area contributed by atoms with Crippen molar-refractivity contribution in [2.24, 2.45) is 0 Å². The predicted molar refractivity (Wildman–Crippen MR) is 108 cm³/mol. The van der Waals surface area contributed by atoms with Crippen LogP contribution in [0.15, 0.2) is 70.6 Å². The summed E-state index contributed by atoms with van der Waals surface area (Å²) in [5, 5.41) is 4.97. The van der Waals surface area contributed by atoms with E-state index < -0.39 is 0 Å². The highest BCUT2D eigenvalue weighted by molar-refractivity contribution is 7.99. The van der Waals surface area contributed by atoms with Gasteiger partial charge in [-0.3, -0.25) is 0 Å². The van der Waals surface area contributed by atoms with Crippen molar-refractivity contribution in [3.63, 3.8) is 0 Å². The van der Waals surface area contributed by atoms with Gasteiger partial charge in [0.1, 0.15) is 10.8 Å². The summed E-state index contributed by atoms with van der Waals surface area (Å²) < 4.78 is 5.10. The van der Waals surface area contributed by atoms with Gasteiger partial charge in [0, 0.05) is 41.8 Å². The summed E-state index contributed by atoms with van der Waals surface area (Å²) in [6.45, 7) is 1.51. The van der Waals surface area contributed by atoms with Crippen LogP contribution in [-0.2, 0) is 4.74 Å². The minimum absolute atomic E-state index is 0.707. The first-order valence-corrected chi connectivity index (χ1v) is 9.55. The summed E-state index contributed by atoms with van der Waals surface area (Å²) >= 11 is 7.56. The highest BCUT2D eigenvalue weighted by atomic mass is 35.5. The van der Waals surface area contributed by atoms with Gasteiger partial charge in [0.15, 0.2) is 5.82 Å². The third-order valence-electron chi connectivity index (χ3n) is 3.60. The molecule has 26 heavy (non-hydrogen) atoms.